The lowest BCUT2D eigenvalue weighted by atomic mass is 9.85. The van der Waals surface area contributed by atoms with E-state index in [1.165, 1.54) is 43.5 Å². The third-order valence-corrected chi connectivity index (χ3v) is 9.72. The predicted octanol–water partition coefficient (Wildman–Crippen LogP) is 11.2. The van der Waals surface area contributed by atoms with E-state index >= 15 is 0 Å². The zero-order valence-corrected chi connectivity index (χ0v) is 25.5. The number of nitrogens with zero attached hydrogens (tertiary/aromatic N) is 3. The van der Waals surface area contributed by atoms with Crippen molar-refractivity contribution in [1.29, 1.82) is 0 Å². The Morgan fingerprint density at radius 2 is 1.00 bits per heavy atom. The van der Waals surface area contributed by atoms with Gasteiger partial charge in [-0.3, -0.25) is 4.99 Å². The largest absolute Gasteiger partial charge is 0.260 e. The van der Waals surface area contributed by atoms with E-state index in [4.69, 9.17) is 15.0 Å². The first kappa shape index (κ1) is 26.1. The topological polar surface area (TPSA) is 38.1 Å². The summed E-state index contributed by atoms with van der Waals surface area (Å²) in [6.07, 6.45) is 2.82. The molecule has 0 aliphatic carbocycles. The molecule has 0 radical (unpaired) electrons. The SMILES string of the molecule is C1=C(c2ccccc2)CC(c2cc(-c3ccc4ccccc4n3)c3ccc4ccc(-c5ccc6ccccc6n5)c5ccc2c3c45)=N1. The fourth-order valence-electron chi connectivity index (χ4n) is 7.42. The van der Waals surface area contributed by atoms with E-state index in [1.54, 1.807) is 0 Å². The number of pyridine rings is 2. The van der Waals surface area contributed by atoms with Gasteiger partial charge in [0, 0.05) is 40.1 Å². The van der Waals surface area contributed by atoms with Crippen molar-refractivity contribution >= 4 is 65.4 Å². The van der Waals surface area contributed by atoms with Crippen molar-refractivity contribution < 1.29 is 0 Å². The average Bonchev–Trinajstić information content (AvgIpc) is 3.64. The first-order valence-electron chi connectivity index (χ1n) is 16.1. The molecule has 3 heteroatoms. The summed E-state index contributed by atoms with van der Waals surface area (Å²) in [5, 5.41) is 9.62. The van der Waals surface area contributed by atoms with Gasteiger partial charge >= 0.3 is 0 Å². The molecular formula is C44H27N3. The van der Waals surface area contributed by atoms with Gasteiger partial charge in [0.1, 0.15) is 0 Å². The van der Waals surface area contributed by atoms with Crippen LogP contribution in [-0.2, 0) is 0 Å². The van der Waals surface area contributed by atoms with Gasteiger partial charge < -0.3 is 0 Å². The van der Waals surface area contributed by atoms with Crippen molar-refractivity contribution in [3.8, 4) is 22.5 Å². The monoisotopic (exact) mass is 597 g/mol. The Hall–Kier alpha value is -6.19. The van der Waals surface area contributed by atoms with Crippen molar-refractivity contribution in [3.05, 3.63) is 163 Å². The molecule has 7 aromatic carbocycles. The van der Waals surface area contributed by atoms with E-state index in [1.807, 2.05) is 6.20 Å². The second-order valence-electron chi connectivity index (χ2n) is 12.4. The standard InChI is InChI=1S/C44H27N3/c1-2-8-27(9-3-1)31-24-42(45-26-31)37-25-36(41-23-17-29-11-5-7-13-39(29)47-41)34-19-15-30-14-18-32(33-20-21-35(37)44(34)43(30)33)40-22-16-28-10-4-6-12-38(28)46-40/h1-23,25-26H,24H2. The van der Waals surface area contributed by atoms with Gasteiger partial charge in [-0.1, -0.05) is 115 Å². The molecule has 10 rings (SSSR count). The summed E-state index contributed by atoms with van der Waals surface area (Å²) in [5.41, 5.74) is 10.9. The molecule has 0 amide bonds. The number of benzene rings is 7. The number of aromatic nitrogens is 2. The summed E-state index contributed by atoms with van der Waals surface area (Å²) in [5.74, 6) is 0. The van der Waals surface area contributed by atoms with Crippen LogP contribution in [0.5, 0.6) is 0 Å². The molecule has 1 aliphatic rings. The number of rotatable bonds is 4. The average molecular weight is 598 g/mol. The molecule has 0 fully saturated rings. The van der Waals surface area contributed by atoms with Crippen molar-refractivity contribution in [2.45, 2.75) is 6.42 Å². The van der Waals surface area contributed by atoms with E-state index in [0.29, 0.717) is 0 Å². The minimum atomic E-state index is 0.783. The van der Waals surface area contributed by atoms with E-state index in [0.717, 1.165) is 62.0 Å². The Bertz CT molecular complexity index is 2760. The molecule has 0 saturated heterocycles. The lowest BCUT2D eigenvalue weighted by Gasteiger charge is -2.19. The predicted molar refractivity (Wildman–Crippen MR) is 197 cm³/mol. The lowest BCUT2D eigenvalue weighted by Crippen LogP contribution is -2.02. The highest BCUT2D eigenvalue weighted by Gasteiger charge is 2.22. The molecule has 1 aliphatic heterocycles. The summed E-state index contributed by atoms with van der Waals surface area (Å²) in [4.78, 5) is 15.3. The maximum Gasteiger partial charge on any atom is 0.0716 e. The fourth-order valence-corrected chi connectivity index (χ4v) is 7.42. The summed E-state index contributed by atoms with van der Waals surface area (Å²) < 4.78 is 0. The summed E-state index contributed by atoms with van der Waals surface area (Å²) in [6, 6.07) is 51.8. The van der Waals surface area contributed by atoms with Crippen LogP contribution in [0, 0.1) is 0 Å². The van der Waals surface area contributed by atoms with Crippen LogP contribution in [-0.4, -0.2) is 15.7 Å². The zero-order valence-electron chi connectivity index (χ0n) is 25.5. The van der Waals surface area contributed by atoms with E-state index in [9.17, 15) is 0 Å². The molecule has 9 aromatic rings. The number of para-hydroxylation sites is 2. The molecule has 0 N–H and O–H groups in total. The maximum absolute atomic E-state index is 5.19. The van der Waals surface area contributed by atoms with Crippen LogP contribution in [0.3, 0.4) is 0 Å². The highest BCUT2D eigenvalue weighted by Crippen LogP contribution is 2.44. The minimum absolute atomic E-state index is 0.783. The van der Waals surface area contributed by atoms with Crippen LogP contribution in [0.2, 0.25) is 0 Å². The Morgan fingerprint density at radius 3 is 1.74 bits per heavy atom. The molecule has 2 aromatic heterocycles. The number of fused-ring (bicyclic) bond motifs is 2. The number of hydrogen-bond donors (Lipinski definition) is 0. The van der Waals surface area contributed by atoms with E-state index < -0.39 is 0 Å². The van der Waals surface area contributed by atoms with Gasteiger partial charge in [0.2, 0.25) is 0 Å². The molecule has 218 valence electrons. The number of allylic oxidation sites excluding steroid dienone is 1. The van der Waals surface area contributed by atoms with Crippen LogP contribution in [0.25, 0.3) is 82.2 Å². The highest BCUT2D eigenvalue weighted by atomic mass is 14.7. The Balaban J connectivity index is 1.24. The molecule has 0 unspecified atom stereocenters. The van der Waals surface area contributed by atoms with Crippen molar-refractivity contribution in [2.24, 2.45) is 4.99 Å². The molecule has 0 saturated carbocycles. The quantitative estimate of drug-likeness (QED) is 0.189. The van der Waals surface area contributed by atoms with Crippen molar-refractivity contribution in [2.75, 3.05) is 0 Å². The summed E-state index contributed by atoms with van der Waals surface area (Å²) in [7, 11) is 0. The summed E-state index contributed by atoms with van der Waals surface area (Å²) in [6.45, 7) is 0. The Kier molecular flexibility index (Phi) is 5.64. The van der Waals surface area contributed by atoms with Crippen molar-refractivity contribution in [3.63, 3.8) is 0 Å². The maximum atomic E-state index is 5.19. The Labute approximate surface area is 271 Å². The Morgan fingerprint density at radius 1 is 0.426 bits per heavy atom. The molecule has 0 atom stereocenters. The third kappa shape index (κ3) is 4.10. The van der Waals surface area contributed by atoms with Crippen LogP contribution < -0.4 is 0 Å². The first-order valence-corrected chi connectivity index (χ1v) is 16.1. The van der Waals surface area contributed by atoms with Gasteiger partial charge in [0.05, 0.1) is 28.1 Å². The van der Waals surface area contributed by atoms with Gasteiger partial charge in [0.25, 0.3) is 0 Å². The van der Waals surface area contributed by atoms with Gasteiger partial charge in [-0.2, -0.15) is 0 Å². The molecule has 0 bridgehead atoms. The first-order chi connectivity index (χ1) is 23.3. The number of aliphatic imine (C=N–C) groups is 1. The lowest BCUT2D eigenvalue weighted by molar-refractivity contribution is 1.40. The van der Waals surface area contributed by atoms with E-state index in [2.05, 4.69) is 146 Å². The van der Waals surface area contributed by atoms with Crippen LogP contribution >= 0.6 is 0 Å². The molecular weight excluding hydrogens is 571 g/mol. The van der Waals surface area contributed by atoms with Crippen LogP contribution in [0.1, 0.15) is 17.5 Å². The normalized spacial score (nSPS) is 13.3. The second-order valence-corrected chi connectivity index (χ2v) is 12.4. The third-order valence-electron chi connectivity index (χ3n) is 9.72. The van der Waals surface area contributed by atoms with Gasteiger partial charge in [-0.05, 0) is 73.8 Å². The highest BCUT2D eigenvalue weighted by molar-refractivity contribution is 6.31. The summed E-state index contributed by atoms with van der Waals surface area (Å²) >= 11 is 0. The molecule has 47 heavy (non-hydrogen) atoms. The van der Waals surface area contributed by atoms with Crippen LogP contribution in [0.15, 0.2) is 157 Å². The molecule has 3 heterocycles. The van der Waals surface area contributed by atoms with Crippen molar-refractivity contribution in [1.82, 2.24) is 9.97 Å². The fraction of sp³-hybridized carbons (Fsp3) is 0.0227. The van der Waals surface area contributed by atoms with Gasteiger partial charge in [0.15, 0.2) is 0 Å². The smallest absolute Gasteiger partial charge is 0.0716 e. The second kappa shape index (κ2) is 10.2. The molecule has 0 spiro atoms. The molecule has 3 nitrogen and oxygen atoms in total. The zero-order chi connectivity index (χ0) is 30.9. The van der Waals surface area contributed by atoms with Gasteiger partial charge in [-0.15, -0.1) is 0 Å². The minimum Gasteiger partial charge on any atom is -0.260 e. The van der Waals surface area contributed by atoms with Crippen LogP contribution in [0.4, 0.5) is 0 Å². The van der Waals surface area contributed by atoms with Gasteiger partial charge in [-0.25, -0.2) is 9.97 Å². The van der Waals surface area contributed by atoms with E-state index in [-0.39, 0.29) is 0 Å². The number of hydrogen-bond acceptors (Lipinski definition) is 3.